The van der Waals surface area contributed by atoms with Gasteiger partial charge in [0.15, 0.2) is 6.10 Å². The Bertz CT molecular complexity index is 1290. The second kappa shape index (κ2) is 44.1. The van der Waals surface area contributed by atoms with Crippen LogP contribution < -0.4 is 5.11 Å². The molecule has 62 heavy (non-hydrogen) atoms. The number of hydrogen-bond donors (Lipinski definition) is 0. The van der Waals surface area contributed by atoms with E-state index in [9.17, 15) is 19.5 Å². The summed E-state index contributed by atoms with van der Waals surface area (Å²) in [6.07, 6.45) is 57.4. The molecule has 0 fully saturated rings. The molecule has 8 heteroatoms. The number of rotatable bonds is 43. The maximum Gasteiger partial charge on any atom is 0.306 e. The summed E-state index contributed by atoms with van der Waals surface area (Å²) in [6, 6.07) is -0.736. The number of unbranched alkanes of at least 4 members (excludes halogenated alkanes) is 17. The molecule has 0 aromatic carbocycles. The van der Waals surface area contributed by atoms with Crippen molar-refractivity contribution < 1.29 is 38.2 Å². The Hall–Kier alpha value is -3.49. The van der Waals surface area contributed by atoms with Crippen LogP contribution in [0.25, 0.3) is 0 Å². The number of carboxylic acids is 1. The van der Waals surface area contributed by atoms with E-state index in [1.54, 1.807) is 21.1 Å². The number of carbonyl (C=O) groups excluding carboxylic acids is 3. The van der Waals surface area contributed by atoms with Crippen LogP contribution in [0.15, 0.2) is 85.1 Å². The molecule has 0 aromatic heterocycles. The first-order valence-electron chi connectivity index (χ1n) is 24.6. The molecule has 0 N–H and O–H groups in total. The van der Waals surface area contributed by atoms with Gasteiger partial charge in [-0.3, -0.25) is 9.59 Å². The van der Waals surface area contributed by atoms with Crippen molar-refractivity contribution in [1.29, 1.82) is 0 Å². The molecular weight excluding hydrogens is 775 g/mol. The highest BCUT2D eigenvalue weighted by Crippen LogP contribution is 2.13. The van der Waals surface area contributed by atoms with Crippen molar-refractivity contribution in [2.24, 2.45) is 0 Å². The highest BCUT2D eigenvalue weighted by atomic mass is 16.6. The summed E-state index contributed by atoms with van der Waals surface area (Å²) in [5.74, 6) is -1.78. The lowest BCUT2D eigenvalue weighted by molar-refractivity contribution is -0.889. The highest BCUT2D eigenvalue weighted by Gasteiger charge is 2.25. The number of carboxylic acid groups (broad SMARTS) is 1. The van der Waals surface area contributed by atoms with E-state index in [0.29, 0.717) is 12.8 Å². The number of quaternary nitrogens is 1. The first kappa shape index (κ1) is 58.5. The third kappa shape index (κ3) is 41.8. The van der Waals surface area contributed by atoms with Gasteiger partial charge >= 0.3 is 11.9 Å². The summed E-state index contributed by atoms with van der Waals surface area (Å²) in [4.78, 5) is 37.0. The Morgan fingerprint density at radius 1 is 0.516 bits per heavy atom. The zero-order valence-electron chi connectivity index (χ0n) is 40.3. The van der Waals surface area contributed by atoms with Crippen molar-refractivity contribution in [3.63, 3.8) is 0 Å². The Kier molecular flexibility index (Phi) is 41.6. The lowest BCUT2D eigenvalue weighted by atomic mass is 10.1. The van der Waals surface area contributed by atoms with E-state index in [1.807, 2.05) is 0 Å². The van der Waals surface area contributed by atoms with Gasteiger partial charge in [-0.15, -0.1) is 0 Å². The molecule has 0 aliphatic heterocycles. The largest absolute Gasteiger partial charge is 0.544 e. The van der Waals surface area contributed by atoms with Crippen LogP contribution in [-0.2, 0) is 28.6 Å². The van der Waals surface area contributed by atoms with Crippen LogP contribution in [0.4, 0.5) is 0 Å². The average Bonchev–Trinajstić information content (AvgIpc) is 3.23. The topological polar surface area (TPSA) is 102 Å². The van der Waals surface area contributed by atoms with Gasteiger partial charge < -0.3 is 28.6 Å². The molecule has 0 aliphatic carbocycles. The summed E-state index contributed by atoms with van der Waals surface area (Å²) in [7, 11) is 5.39. The van der Waals surface area contributed by atoms with Gasteiger partial charge in [0.05, 0.1) is 40.3 Å². The fraction of sp³-hybridized carbons (Fsp3) is 0.685. The predicted octanol–water partition coefficient (Wildman–Crippen LogP) is 12.7. The third-order valence-corrected chi connectivity index (χ3v) is 10.6. The van der Waals surface area contributed by atoms with E-state index in [4.69, 9.17) is 14.2 Å². The minimum atomic E-state index is -1.13. The molecule has 8 nitrogen and oxygen atoms in total. The smallest absolute Gasteiger partial charge is 0.306 e. The van der Waals surface area contributed by atoms with E-state index in [-0.39, 0.29) is 42.7 Å². The zero-order valence-corrected chi connectivity index (χ0v) is 40.3. The Balaban J connectivity index is 4.36. The molecule has 0 amide bonds. The average molecular weight is 866 g/mol. The lowest BCUT2D eigenvalue weighted by Crippen LogP contribution is -2.55. The van der Waals surface area contributed by atoms with Gasteiger partial charge in [0.2, 0.25) is 0 Å². The summed E-state index contributed by atoms with van der Waals surface area (Å²) in [6.45, 7) is 4.50. The molecule has 0 spiro atoms. The Morgan fingerprint density at radius 3 is 1.47 bits per heavy atom. The first-order chi connectivity index (χ1) is 30.1. The molecule has 0 heterocycles. The van der Waals surface area contributed by atoms with Crippen molar-refractivity contribution in [3.8, 4) is 0 Å². The molecule has 0 saturated carbocycles. The summed E-state index contributed by atoms with van der Waals surface area (Å²) in [5, 5.41) is 11.7. The quantitative estimate of drug-likeness (QED) is 0.0198. The summed E-state index contributed by atoms with van der Waals surface area (Å²) >= 11 is 0. The number of esters is 2. The number of nitrogens with zero attached hydrogens (tertiary/aromatic N) is 1. The molecule has 2 atom stereocenters. The van der Waals surface area contributed by atoms with E-state index >= 15 is 0 Å². The maximum atomic E-state index is 12.8. The highest BCUT2D eigenvalue weighted by molar-refractivity contribution is 5.70. The van der Waals surface area contributed by atoms with Crippen LogP contribution in [0, 0.1) is 0 Å². The van der Waals surface area contributed by atoms with Crippen LogP contribution in [0.2, 0.25) is 0 Å². The van der Waals surface area contributed by atoms with Gasteiger partial charge in [-0.05, 0) is 77.0 Å². The van der Waals surface area contributed by atoms with Crippen LogP contribution in [0.5, 0.6) is 0 Å². The first-order valence-corrected chi connectivity index (χ1v) is 24.6. The number of allylic oxidation sites excluding steroid dienone is 14. The van der Waals surface area contributed by atoms with Crippen LogP contribution >= 0.6 is 0 Å². The molecule has 0 bridgehead atoms. The minimum absolute atomic E-state index is 0.0248. The standard InChI is InChI=1S/C54H91NO7/c1-6-8-10-12-14-16-18-20-22-24-26-27-29-31-33-35-37-39-41-43-45-53(57)62-50(48-60-47-46-51(54(58)59)55(3,4)5)49-61-52(56)44-42-40-38-36-34-32-30-28-25-23-21-19-17-15-13-11-9-7-2/h8,10,14,16,19-23,25-28,30,50-51H,6-7,9,11-13,15,17-18,24,29,31-49H2,1-5H3/b10-8+,16-14+,21-19+,22-20+,25-23+,27-26+,30-28+. The molecule has 354 valence electrons. The molecule has 0 aromatic rings. The maximum absolute atomic E-state index is 12.8. The molecule has 0 saturated heterocycles. The number of likely N-dealkylation sites (N-methyl/N-ethyl adjacent to an activating group) is 1. The van der Waals surface area contributed by atoms with Crippen molar-refractivity contribution in [1.82, 2.24) is 0 Å². The Morgan fingerprint density at radius 2 is 0.968 bits per heavy atom. The SMILES string of the molecule is CC/C=C/C/C=C/C/C=C/C/C=C/CCCCCCCCCC(=O)OC(COCCC(C(=O)[O-])[N+](C)(C)C)COC(=O)CCCCCCC/C=C/C=C/C=C/CCCCCCC. The van der Waals surface area contributed by atoms with Crippen LogP contribution in [0.3, 0.4) is 0 Å². The molecule has 2 unspecified atom stereocenters. The molecular formula is C54H91NO7. The van der Waals surface area contributed by atoms with Crippen molar-refractivity contribution in [3.05, 3.63) is 85.1 Å². The molecule has 0 aliphatic rings. The zero-order chi connectivity index (χ0) is 45.6. The Labute approximate surface area is 380 Å². The van der Waals surface area contributed by atoms with Crippen LogP contribution in [0.1, 0.15) is 187 Å². The van der Waals surface area contributed by atoms with Gasteiger partial charge in [-0.1, -0.05) is 176 Å². The predicted molar refractivity (Wildman–Crippen MR) is 258 cm³/mol. The lowest BCUT2D eigenvalue weighted by Gasteiger charge is -2.34. The van der Waals surface area contributed by atoms with Gasteiger partial charge in [-0.25, -0.2) is 0 Å². The second-order valence-corrected chi connectivity index (χ2v) is 17.4. The van der Waals surface area contributed by atoms with Gasteiger partial charge in [-0.2, -0.15) is 0 Å². The molecule has 0 radical (unpaired) electrons. The summed E-state index contributed by atoms with van der Waals surface area (Å²) < 4.78 is 17.2. The second-order valence-electron chi connectivity index (χ2n) is 17.4. The van der Waals surface area contributed by atoms with Crippen molar-refractivity contribution in [2.45, 2.75) is 199 Å². The van der Waals surface area contributed by atoms with Gasteiger partial charge in [0, 0.05) is 19.3 Å². The minimum Gasteiger partial charge on any atom is -0.544 e. The molecule has 0 rings (SSSR count). The third-order valence-electron chi connectivity index (χ3n) is 10.6. The normalized spacial score (nSPS) is 13.6. The van der Waals surface area contributed by atoms with Gasteiger partial charge in [0.1, 0.15) is 12.6 Å². The van der Waals surface area contributed by atoms with Gasteiger partial charge in [0.25, 0.3) is 0 Å². The number of ether oxygens (including phenoxy) is 3. The fourth-order valence-corrected chi connectivity index (χ4v) is 6.77. The number of hydrogen-bond acceptors (Lipinski definition) is 7. The van der Waals surface area contributed by atoms with Crippen molar-refractivity contribution >= 4 is 17.9 Å². The monoisotopic (exact) mass is 866 g/mol. The fourth-order valence-electron chi connectivity index (χ4n) is 6.77. The summed E-state index contributed by atoms with van der Waals surface area (Å²) in [5.41, 5.74) is 0. The number of carbonyl (C=O) groups is 3. The van der Waals surface area contributed by atoms with E-state index in [1.165, 1.54) is 51.4 Å². The van der Waals surface area contributed by atoms with E-state index in [2.05, 4.69) is 98.9 Å². The number of aliphatic carboxylic acids is 1. The van der Waals surface area contributed by atoms with Crippen LogP contribution in [-0.4, -0.2) is 75.5 Å². The van der Waals surface area contributed by atoms with E-state index < -0.39 is 18.1 Å². The van der Waals surface area contributed by atoms with Crippen molar-refractivity contribution in [2.75, 3.05) is 41.0 Å². The van der Waals surface area contributed by atoms with E-state index in [0.717, 1.165) is 103 Å².